The lowest BCUT2D eigenvalue weighted by atomic mass is 9.70. The number of hydrogen-bond acceptors (Lipinski definition) is 2. The molecular formula is C13H26N2O. The van der Waals surface area contributed by atoms with Gasteiger partial charge in [0, 0.05) is 19.6 Å². The van der Waals surface area contributed by atoms with Gasteiger partial charge in [0.1, 0.15) is 0 Å². The van der Waals surface area contributed by atoms with Gasteiger partial charge in [-0.2, -0.15) is 0 Å². The maximum absolute atomic E-state index is 12.0. The largest absolute Gasteiger partial charge is 0.342 e. The fourth-order valence-electron chi connectivity index (χ4n) is 2.25. The SMILES string of the molecule is CCN(CC)C(=O)C(C)NCC1(C)CCC1. The third-order valence-electron chi connectivity index (χ3n) is 3.84. The molecule has 0 aromatic heterocycles. The predicted octanol–water partition coefficient (Wildman–Crippen LogP) is 2.02. The van der Waals surface area contributed by atoms with Crippen LogP contribution in [0.2, 0.25) is 0 Å². The molecule has 0 aromatic rings. The zero-order chi connectivity index (χ0) is 12.2. The van der Waals surface area contributed by atoms with Crippen molar-refractivity contribution in [3.63, 3.8) is 0 Å². The average molecular weight is 226 g/mol. The minimum Gasteiger partial charge on any atom is -0.342 e. The van der Waals surface area contributed by atoms with Crippen LogP contribution >= 0.6 is 0 Å². The van der Waals surface area contributed by atoms with Crippen molar-refractivity contribution in [3.8, 4) is 0 Å². The van der Waals surface area contributed by atoms with Crippen LogP contribution in [0.15, 0.2) is 0 Å². The maximum atomic E-state index is 12.0. The van der Waals surface area contributed by atoms with Gasteiger partial charge < -0.3 is 10.2 Å². The van der Waals surface area contributed by atoms with Crippen LogP contribution in [0.3, 0.4) is 0 Å². The van der Waals surface area contributed by atoms with Crippen molar-refractivity contribution in [1.29, 1.82) is 0 Å². The van der Waals surface area contributed by atoms with E-state index < -0.39 is 0 Å². The Labute approximate surface area is 99.6 Å². The Kier molecular flexibility index (Phi) is 4.78. The number of hydrogen-bond donors (Lipinski definition) is 1. The molecule has 0 radical (unpaired) electrons. The molecule has 1 aliphatic rings. The van der Waals surface area contributed by atoms with Crippen molar-refractivity contribution < 1.29 is 4.79 Å². The summed E-state index contributed by atoms with van der Waals surface area (Å²) in [6, 6.07) is -0.0441. The van der Waals surface area contributed by atoms with Crippen LogP contribution < -0.4 is 5.32 Å². The van der Waals surface area contributed by atoms with Gasteiger partial charge in [0.25, 0.3) is 0 Å². The lowest BCUT2D eigenvalue weighted by Crippen LogP contribution is -2.48. The highest BCUT2D eigenvalue weighted by atomic mass is 16.2. The first kappa shape index (κ1) is 13.5. The summed E-state index contributed by atoms with van der Waals surface area (Å²) in [7, 11) is 0. The molecule has 0 spiro atoms. The number of likely N-dealkylation sites (N-methyl/N-ethyl adjacent to an activating group) is 1. The quantitative estimate of drug-likeness (QED) is 0.751. The van der Waals surface area contributed by atoms with Crippen LogP contribution in [0.1, 0.15) is 47.0 Å². The van der Waals surface area contributed by atoms with Gasteiger partial charge in [-0.25, -0.2) is 0 Å². The van der Waals surface area contributed by atoms with Crippen LogP contribution in [0, 0.1) is 5.41 Å². The molecule has 0 saturated heterocycles. The molecule has 3 heteroatoms. The number of carbonyl (C=O) groups is 1. The van der Waals surface area contributed by atoms with Gasteiger partial charge in [0.15, 0.2) is 0 Å². The van der Waals surface area contributed by atoms with E-state index in [1.807, 2.05) is 25.7 Å². The van der Waals surface area contributed by atoms with E-state index in [2.05, 4.69) is 12.2 Å². The van der Waals surface area contributed by atoms with E-state index in [0.29, 0.717) is 5.41 Å². The molecule has 1 atom stereocenters. The molecule has 94 valence electrons. The molecule has 0 aliphatic heterocycles. The van der Waals surface area contributed by atoms with Crippen molar-refractivity contribution in [3.05, 3.63) is 0 Å². The average Bonchev–Trinajstić information content (AvgIpc) is 2.24. The Hall–Kier alpha value is -0.570. The van der Waals surface area contributed by atoms with Crippen molar-refractivity contribution in [1.82, 2.24) is 10.2 Å². The molecule has 3 nitrogen and oxygen atoms in total. The standard InChI is InChI=1S/C13H26N2O/c1-5-15(6-2)12(16)11(3)14-10-13(4)8-7-9-13/h11,14H,5-10H2,1-4H3. The molecular weight excluding hydrogens is 200 g/mol. The second kappa shape index (κ2) is 5.67. The smallest absolute Gasteiger partial charge is 0.239 e. The van der Waals surface area contributed by atoms with Gasteiger partial charge in [0.05, 0.1) is 6.04 Å². The minimum atomic E-state index is -0.0441. The third kappa shape index (κ3) is 3.21. The van der Waals surface area contributed by atoms with Crippen molar-refractivity contribution in [2.24, 2.45) is 5.41 Å². The Balaban J connectivity index is 2.33. The van der Waals surface area contributed by atoms with E-state index in [9.17, 15) is 4.79 Å². The highest BCUT2D eigenvalue weighted by Gasteiger charge is 2.32. The summed E-state index contributed by atoms with van der Waals surface area (Å²) >= 11 is 0. The van der Waals surface area contributed by atoms with E-state index in [4.69, 9.17) is 0 Å². The molecule has 1 saturated carbocycles. The number of nitrogens with one attached hydrogen (secondary N) is 1. The number of amides is 1. The van der Waals surface area contributed by atoms with Crippen LogP contribution in [0.5, 0.6) is 0 Å². The zero-order valence-corrected chi connectivity index (χ0v) is 11.2. The fraction of sp³-hybridized carbons (Fsp3) is 0.923. The first-order valence-corrected chi connectivity index (χ1v) is 6.54. The molecule has 1 fully saturated rings. The van der Waals surface area contributed by atoms with Gasteiger partial charge >= 0.3 is 0 Å². The number of nitrogens with zero attached hydrogens (tertiary/aromatic N) is 1. The van der Waals surface area contributed by atoms with Gasteiger partial charge in [-0.05, 0) is 39.0 Å². The van der Waals surface area contributed by atoms with Gasteiger partial charge in [-0.3, -0.25) is 4.79 Å². The summed E-state index contributed by atoms with van der Waals surface area (Å²) in [6.07, 6.45) is 3.94. The van der Waals surface area contributed by atoms with Crippen molar-refractivity contribution in [2.75, 3.05) is 19.6 Å². The Morgan fingerprint density at radius 2 is 1.94 bits per heavy atom. The fourth-order valence-corrected chi connectivity index (χ4v) is 2.25. The Morgan fingerprint density at radius 3 is 2.31 bits per heavy atom. The lowest BCUT2D eigenvalue weighted by molar-refractivity contribution is -0.132. The molecule has 16 heavy (non-hydrogen) atoms. The molecule has 1 rings (SSSR count). The van der Waals surface area contributed by atoms with Gasteiger partial charge in [-0.1, -0.05) is 13.3 Å². The maximum Gasteiger partial charge on any atom is 0.239 e. The van der Waals surface area contributed by atoms with E-state index in [-0.39, 0.29) is 11.9 Å². The van der Waals surface area contributed by atoms with Crippen molar-refractivity contribution in [2.45, 2.75) is 53.0 Å². The highest BCUT2D eigenvalue weighted by Crippen LogP contribution is 2.39. The molecule has 1 unspecified atom stereocenters. The molecule has 0 aromatic carbocycles. The molecule has 0 bridgehead atoms. The lowest BCUT2D eigenvalue weighted by Gasteiger charge is -2.39. The summed E-state index contributed by atoms with van der Waals surface area (Å²) in [5.41, 5.74) is 0.442. The second-order valence-electron chi connectivity index (χ2n) is 5.28. The Morgan fingerprint density at radius 1 is 1.38 bits per heavy atom. The summed E-state index contributed by atoms with van der Waals surface area (Å²) in [5, 5.41) is 3.38. The number of rotatable bonds is 6. The van der Waals surface area contributed by atoms with Gasteiger partial charge in [0.2, 0.25) is 5.91 Å². The topological polar surface area (TPSA) is 32.3 Å². The van der Waals surface area contributed by atoms with E-state index in [0.717, 1.165) is 19.6 Å². The van der Waals surface area contributed by atoms with Gasteiger partial charge in [-0.15, -0.1) is 0 Å². The first-order chi connectivity index (χ1) is 7.52. The molecule has 1 N–H and O–H groups in total. The summed E-state index contributed by atoms with van der Waals surface area (Å²) in [6.45, 7) is 10.9. The van der Waals surface area contributed by atoms with E-state index >= 15 is 0 Å². The summed E-state index contributed by atoms with van der Waals surface area (Å²) in [4.78, 5) is 13.9. The second-order valence-corrected chi connectivity index (χ2v) is 5.28. The molecule has 0 heterocycles. The van der Waals surface area contributed by atoms with Crippen LogP contribution in [0.25, 0.3) is 0 Å². The van der Waals surface area contributed by atoms with E-state index in [1.165, 1.54) is 19.3 Å². The summed E-state index contributed by atoms with van der Waals surface area (Å²) in [5.74, 6) is 0.230. The third-order valence-corrected chi connectivity index (χ3v) is 3.84. The Bertz CT molecular complexity index is 232. The minimum absolute atomic E-state index is 0.0441. The summed E-state index contributed by atoms with van der Waals surface area (Å²) < 4.78 is 0. The van der Waals surface area contributed by atoms with Crippen LogP contribution in [0.4, 0.5) is 0 Å². The monoisotopic (exact) mass is 226 g/mol. The molecule has 1 amide bonds. The zero-order valence-electron chi connectivity index (χ0n) is 11.2. The van der Waals surface area contributed by atoms with E-state index in [1.54, 1.807) is 0 Å². The predicted molar refractivity (Wildman–Crippen MR) is 67.4 cm³/mol. The normalized spacial score (nSPS) is 20.0. The van der Waals surface area contributed by atoms with Crippen LogP contribution in [-0.2, 0) is 4.79 Å². The first-order valence-electron chi connectivity index (χ1n) is 6.54. The van der Waals surface area contributed by atoms with Crippen LogP contribution in [-0.4, -0.2) is 36.5 Å². The highest BCUT2D eigenvalue weighted by molar-refractivity contribution is 5.81. The van der Waals surface area contributed by atoms with Crippen molar-refractivity contribution >= 4 is 5.91 Å². The molecule has 1 aliphatic carbocycles. The number of carbonyl (C=O) groups excluding carboxylic acids is 1.